The van der Waals surface area contributed by atoms with Gasteiger partial charge in [0.05, 0.1) is 18.4 Å². The lowest BCUT2D eigenvalue weighted by atomic mass is 10.0. The molecule has 0 bridgehead atoms. The number of carbonyl (C=O) groups is 2. The summed E-state index contributed by atoms with van der Waals surface area (Å²) in [7, 11) is -1.07. The molecule has 0 unspecified atom stereocenters. The van der Waals surface area contributed by atoms with Gasteiger partial charge in [-0.1, -0.05) is 18.2 Å². The number of nitrogens with one attached hydrogen (secondary N) is 2. The van der Waals surface area contributed by atoms with Crippen LogP contribution in [0.15, 0.2) is 60.8 Å². The monoisotopic (exact) mass is 593 g/mol. The van der Waals surface area contributed by atoms with Gasteiger partial charge in [-0.2, -0.15) is 13.1 Å². The van der Waals surface area contributed by atoms with Gasteiger partial charge < -0.3 is 19.7 Å². The number of H-pyrrole nitrogens is 1. The number of rotatable bonds is 10. The molecule has 4 aromatic rings. The molecule has 220 valence electrons. The first kappa shape index (κ1) is 29.2. The molecule has 1 aliphatic rings. The molecule has 1 aliphatic heterocycles. The Balaban J connectivity index is 1.32. The van der Waals surface area contributed by atoms with E-state index in [1.807, 2.05) is 29.0 Å². The molecule has 42 heavy (non-hydrogen) atoms. The van der Waals surface area contributed by atoms with Crippen LogP contribution in [0.5, 0.6) is 5.75 Å². The summed E-state index contributed by atoms with van der Waals surface area (Å²) < 4.78 is 35.2. The maximum absolute atomic E-state index is 12.4. The molecular formula is C29H31N5O7S. The molecular weight excluding hydrogens is 562 g/mol. The fourth-order valence-corrected chi connectivity index (χ4v) is 5.35. The summed E-state index contributed by atoms with van der Waals surface area (Å²) >= 11 is 0. The number of methoxy groups -OCH3 is 1. The zero-order valence-corrected chi connectivity index (χ0v) is 24.0. The standard InChI is InChI=1S/C29H31N5O7S/c1-30-42(38,39)41-18-27(35)34-13-11-33(12-14-34)17-19-3-8-26(40-2)24(15-19)25-16-23-22(9-10-31-28(23)32-25)20-4-6-21(7-5-20)29(36)37/h3-10,15-16,30H,11-14,17-18H2,1-2H3,(H,31,32)(H,36,37). The molecule has 12 nitrogen and oxygen atoms in total. The van der Waals surface area contributed by atoms with Crippen molar-refractivity contribution in [3.8, 4) is 28.1 Å². The highest BCUT2D eigenvalue weighted by atomic mass is 32.2. The maximum atomic E-state index is 12.4. The van der Waals surface area contributed by atoms with Crippen LogP contribution in [0.25, 0.3) is 33.4 Å². The van der Waals surface area contributed by atoms with Crippen LogP contribution in [0, 0.1) is 0 Å². The van der Waals surface area contributed by atoms with Crippen LogP contribution in [0.1, 0.15) is 15.9 Å². The third-order valence-electron chi connectivity index (χ3n) is 7.25. The molecule has 1 amide bonds. The Morgan fingerprint density at radius 3 is 2.43 bits per heavy atom. The van der Waals surface area contributed by atoms with E-state index >= 15 is 0 Å². The van der Waals surface area contributed by atoms with Crippen LogP contribution in [-0.4, -0.2) is 92.1 Å². The van der Waals surface area contributed by atoms with E-state index < -0.39 is 22.9 Å². The van der Waals surface area contributed by atoms with Gasteiger partial charge in [0.2, 0.25) is 5.91 Å². The van der Waals surface area contributed by atoms with Gasteiger partial charge in [-0.05, 0) is 53.1 Å². The minimum absolute atomic E-state index is 0.224. The molecule has 1 fully saturated rings. The number of carboxylic acids is 1. The average Bonchev–Trinajstić information content (AvgIpc) is 3.45. The fraction of sp³-hybridized carbons (Fsp3) is 0.276. The van der Waals surface area contributed by atoms with E-state index in [4.69, 9.17) is 4.74 Å². The van der Waals surface area contributed by atoms with Crippen LogP contribution in [-0.2, 0) is 25.8 Å². The largest absolute Gasteiger partial charge is 0.496 e. The van der Waals surface area contributed by atoms with E-state index in [9.17, 15) is 23.1 Å². The number of aromatic carboxylic acids is 1. The molecule has 1 saturated heterocycles. The fourth-order valence-electron chi connectivity index (χ4n) is 4.97. The number of carbonyl (C=O) groups excluding carboxylic acids is 1. The smallest absolute Gasteiger partial charge is 0.336 e. The van der Waals surface area contributed by atoms with Crippen molar-refractivity contribution >= 4 is 33.2 Å². The van der Waals surface area contributed by atoms with Gasteiger partial charge in [0.15, 0.2) is 0 Å². The average molecular weight is 594 g/mol. The van der Waals surface area contributed by atoms with Crippen molar-refractivity contribution in [1.82, 2.24) is 24.5 Å². The number of hydrogen-bond donors (Lipinski definition) is 3. The summed E-state index contributed by atoms with van der Waals surface area (Å²) in [4.78, 5) is 35.4. The molecule has 5 rings (SSSR count). The maximum Gasteiger partial charge on any atom is 0.336 e. The quantitative estimate of drug-likeness (QED) is 0.252. The van der Waals surface area contributed by atoms with Crippen molar-refractivity contribution in [3.05, 3.63) is 71.9 Å². The second kappa shape index (κ2) is 12.3. The molecule has 0 saturated carbocycles. The van der Waals surface area contributed by atoms with Crippen molar-refractivity contribution in [2.45, 2.75) is 6.54 Å². The Hall–Kier alpha value is -4.30. The van der Waals surface area contributed by atoms with Gasteiger partial charge in [-0.15, -0.1) is 0 Å². The first-order chi connectivity index (χ1) is 20.2. The van der Waals surface area contributed by atoms with Crippen LogP contribution in [0.4, 0.5) is 0 Å². The number of aromatic amines is 1. The summed E-state index contributed by atoms with van der Waals surface area (Å²) in [6.45, 7) is 2.32. The number of aromatic nitrogens is 2. The second-order valence-corrected chi connectivity index (χ2v) is 11.4. The van der Waals surface area contributed by atoms with E-state index in [0.29, 0.717) is 44.1 Å². The lowest BCUT2D eigenvalue weighted by Gasteiger charge is -2.34. The summed E-state index contributed by atoms with van der Waals surface area (Å²) in [6, 6.07) is 16.7. The number of amides is 1. The lowest BCUT2D eigenvalue weighted by Crippen LogP contribution is -2.49. The third-order valence-corrected chi connectivity index (χ3v) is 8.18. The SMILES string of the molecule is CNS(=O)(=O)OCC(=O)N1CCN(Cc2ccc(OC)c(-c3cc4c(-c5ccc(C(=O)O)cc5)ccnc4[nH]3)c2)CC1. The predicted octanol–water partition coefficient (Wildman–Crippen LogP) is 2.73. The molecule has 3 N–H and O–H groups in total. The molecule has 0 spiro atoms. The Labute approximate surface area is 243 Å². The second-order valence-electron chi connectivity index (χ2n) is 9.80. The Morgan fingerprint density at radius 1 is 1.02 bits per heavy atom. The first-order valence-electron chi connectivity index (χ1n) is 13.2. The van der Waals surface area contributed by atoms with Crippen molar-refractivity contribution in [2.24, 2.45) is 0 Å². The minimum atomic E-state index is -3.91. The van der Waals surface area contributed by atoms with Crippen LogP contribution in [0.2, 0.25) is 0 Å². The van der Waals surface area contributed by atoms with Gasteiger partial charge in [-0.3, -0.25) is 9.69 Å². The van der Waals surface area contributed by atoms with E-state index in [0.717, 1.165) is 33.3 Å². The van der Waals surface area contributed by atoms with E-state index in [1.54, 1.807) is 42.5 Å². The van der Waals surface area contributed by atoms with Crippen molar-refractivity contribution in [1.29, 1.82) is 0 Å². The number of nitrogens with zero attached hydrogens (tertiary/aromatic N) is 3. The summed E-state index contributed by atoms with van der Waals surface area (Å²) in [6.07, 6.45) is 1.72. The van der Waals surface area contributed by atoms with Crippen molar-refractivity contribution in [2.75, 3.05) is 46.9 Å². The first-order valence-corrected chi connectivity index (χ1v) is 14.6. The van der Waals surface area contributed by atoms with Crippen molar-refractivity contribution in [3.63, 3.8) is 0 Å². The topological polar surface area (TPSA) is 154 Å². The zero-order chi connectivity index (χ0) is 29.9. The number of piperazine rings is 1. The Morgan fingerprint density at radius 2 is 1.76 bits per heavy atom. The molecule has 0 aliphatic carbocycles. The number of fused-ring (bicyclic) bond motifs is 1. The minimum Gasteiger partial charge on any atom is -0.496 e. The number of hydrogen-bond acceptors (Lipinski definition) is 8. The Bertz CT molecular complexity index is 1710. The number of ether oxygens (including phenoxy) is 1. The van der Waals surface area contributed by atoms with E-state index in [1.165, 1.54) is 7.05 Å². The summed E-state index contributed by atoms with van der Waals surface area (Å²) in [5.41, 5.74) is 5.49. The van der Waals surface area contributed by atoms with Crippen LogP contribution >= 0.6 is 0 Å². The van der Waals surface area contributed by atoms with Crippen LogP contribution < -0.4 is 9.46 Å². The van der Waals surface area contributed by atoms with Gasteiger partial charge in [0.1, 0.15) is 18.0 Å². The highest BCUT2D eigenvalue weighted by molar-refractivity contribution is 7.84. The molecule has 2 aromatic carbocycles. The van der Waals surface area contributed by atoms with Gasteiger partial charge >= 0.3 is 16.3 Å². The van der Waals surface area contributed by atoms with Gasteiger partial charge in [-0.25, -0.2) is 14.0 Å². The normalized spacial score (nSPS) is 14.3. The molecule has 0 atom stereocenters. The molecule has 3 heterocycles. The number of carboxylic acid groups (broad SMARTS) is 1. The Kier molecular flexibility index (Phi) is 8.54. The molecule has 0 radical (unpaired) electrons. The molecule has 2 aromatic heterocycles. The lowest BCUT2D eigenvalue weighted by molar-refractivity contribution is -0.135. The molecule has 13 heteroatoms. The van der Waals surface area contributed by atoms with Crippen LogP contribution in [0.3, 0.4) is 0 Å². The highest BCUT2D eigenvalue weighted by Crippen LogP contribution is 2.36. The predicted molar refractivity (Wildman–Crippen MR) is 156 cm³/mol. The van der Waals surface area contributed by atoms with Gasteiger partial charge in [0, 0.05) is 56.9 Å². The highest BCUT2D eigenvalue weighted by Gasteiger charge is 2.23. The van der Waals surface area contributed by atoms with E-state index in [2.05, 4.69) is 25.1 Å². The van der Waals surface area contributed by atoms with Crippen molar-refractivity contribution < 1.29 is 32.0 Å². The van der Waals surface area contributed by atoms with E-state index in [-0.39, 0.29) is 11.5 Å². The summed E-state index contributed by atoms with van der Waals surface area (Å²) in [5, 5.41) is 10.1. The zero-order valence-electron chi connectivity index (χ0n) is 23.2. The number of pyridine rings is 1. The number of benzene rings is 2. The summed E-state index contributed by atoms with van der Waals surface area (Å²) in [5.74, 6) is -0.644. The van der Waals surface area contributed by atoms with Gasteiger partial charge in [0.25, 0.3) is 0 Å². The third kappa shape index (κ3) is 6.44.